The van der Waals surface area contributed by atoms with Crippen molar-refractivity contribution >= 4 is 11.8 Å². The van der Waals surface area contributed by atoms with Crippen molar-refractivity contribution in [1.82, 2.24) is 0 Å². The zero-order chi connectivity index (χ0) is 8.85. The average Bonchev–Trinajstić information content (AvgIpc) is 1.85. The Bertz CT molecular complexity index is 172. The minimum absolute atomic E-state index is 0.00867. The first-order chi connectivity index (χ1) is 5.06. The molecule has 1 unspecified atom stereocenters. The monoisotopic (exact) mass is 156 g/mol. The average molecular weight is 156 g/mol. The maximum Gasteiger partial charge on any atom is 0.330 e. The lowest BCUT2D eigenvalue weighted by Gasteiger charge is -2.08. The summed E-state index contributed by atoms with van der Waals surface area (Å²) in [6.45, 7) is 6.36. The Morgan fingerprint density at radius 2 is 2.18 bits per heavy atom. The predicted octanol–water partition coefficient (Wildman–Crippen LogP) is 1.08. The van der Waals surface area contributed by atoms with E-state index in [2.05, 4.69) is 6.58 Å². The predicted molar refractivity (Wildman–Crippen MR) is 41.0 cm³/mol. The SMILES string of the molecule is C=CC(=O)OC(C)CC(C)=O. The third-order valence-corrected chi connectivity index (χ3v) is 1.06. The minimum Gasteiger partial charge on any atom is -0.459 e. The molecule has 3 heteroatoms. The Morgan fingerprint density at radius 1 is 1.64 bits per heavy atom. The fraction of sp³-hybridized carbons (Fsp3) is 0.500. The van der Waals surface area contributed by atoms with Crippen LogP contribution in [0.15, 0.2) is 12.7 Å². The largest absolute Gasteiger partial charge is 0.459 e. The molecule has 0 saturated carbocycles. The third-order valence-electron chi connectivity index (χ3n) is 1.06. The summed E-state index contributed by atoms with van der Waals surface area (Å²) in [4.78, 5) is 21.1. The van der Waals surface area contributed by atoms with Crippen LogP contribution in [0.3, 0.4) is 0 Å². The van der Waals surface area contributed by atoms with Crippen LogP contribution in [0.4, 0.5) is 0 Å². The molecule has 0 spiro atoms. The van der Waals surface area contributed by atoms with Crippen LogP contribution < -0.4 is 0 Å². The quantitative estimate of drug-likeness (QED) is 0.452. The Kier molecular flexibility index (Phi) is 4.18. The van der Waals surface area contributed by atoms with Crippen molar-refractivity contribution < 1.29 is 14.3 Å². The van der Waals surface area contributed by atoms with Crippen LogP contribution in [-0.4, -0.2) is 17.9 Å². The van der Waals surface area contributed by atoms with Gasteiger partial charge >= 0.3 is 5.97 Å². The highest BCUT2D eigenvalue weighted by Crippen LogP contribution is 1.98. The van der Waals surface area contributed by atoms with E-state index in [4.69, 9.17) is 4.74 Å². The molecule has 0 aliphatic heterocycles. The Hall–Kier alpha value is -1.12. The van der Waals surface area contributed by atoms with E-state index in [0.29, 0.717) is 0 Å². The van der Waals surface area contributed by atoms with Crippen LogP contribution in [0.1, 0.15) is 20.3 Å². The molecule has 0 aromatic rings. The van der Waals surface area contributed by atoms with Gasteiger partial charge in [-0.1, -0.05) is 6.58 Å². The summed E-state index contributed by atoms with van der Waals surface area (Å²) in [5, 5.41) is 0. The van der Waals surface area contributed by atoms with Gasteiger partial charge in [-0.15, -0.1) is 0 Å². The molecule has 0 saturated heterocycles. The van der Waals surface area contributed by atoms with Gasteiger partial charge in [0.2, 0.25) is 0 Å². The molecule has 0 aromatic heterocycles. The van der Waals surface area contributed by atoms with Crippen molar-refractivity contribution in [2.45, 2.75) is 26.4 Å². The first-order valence-corrected chi connectivity index (χ1v) is 3.38. The number of ether oxygens (including phenoxy) is 1. The number of esters is 1. The van der Waals surface area contributed by atoms with E-state index in [1.807, 2.05) is 0 Å². The van der Waals surface area contributed by atoms with Gasteiger partial charge in [-0.05, 0) is 13.8 Å². The summed E-state index contributed by atoms with van der Waals surface area (Å²) < 4.78 is 4.73. The molecule has 0 aliphatic carbocycles. The van der Waals surface area contributed by atoms with E-state index in [0.717, 1.165) is 6.08 Å². The maximum absolute atomic E-state index is 10.6. The molecule has 0 fully saturated rings. The van der Waals surface area contributed by atoms with Crippen LogP contribution in [0, 0.1) is 0 Å². The normalized spacial score (nSPS) is 11.8. The summed E-state index contributed by atoms with van der Waals surface area (Å²) in [6, 6.07) is 0. The van der Waals surface area contributed by atoms with Crippen molar-refractivity contribution in [2.75, 3.05) is 0 Å². The maximum atomic E-state index is 10.6. The van der Waals surface area contributed by atoms with Crippen LogP contribution in [0.5, 0.6) is 0 Å². The molecule has 0 aliphatic rings. The number of hydrogen-bond acceptors (Lipinski definition) is 3. The van der Waals surface area contributed by atoms with Crippen LogP contribution in [0.2, 0.25) is 0 Å². The Balaban J connectivity index is 3.68. The van der Waals surface area contributed by atoms with Gasteiger partial charge in [0.05, 0.1) is 0 Å². The van der Waals surface area contributed by atoms with E-state index in [1.54, 1.807) is 6.92 Å². The highest BCUT2D eigenvalue weighted by atomic mass is 16.5. The van der Waals surface area contributed by atoms with Crippen molar-refractivity contribution in [3.8, 4) is 0 Å². The number of Topliss-reactive ketones (excluding diaryl/α,β-unsaturated/α-hetero) is 1. The number of rotatable bonds is 4. The zero-order valence-corrected chi connectivity index (χ0v) is 6.79. The van der Waals surface area contributed by atoms with E-state index < -0.39 is 5.97 Å². The van der Waals surface area contributed by atoms with Crippen LogP contribution in [0.25, 0.3) is 0 Å². The molecule has 0 N–H and O–H groups in total. The third kappa shape index (κ3) is 5.33. The molecule has 0 bridgehead atoms. The van der Waals surface area contributed by atoms with E-state index >= 15 is 0 Å². The molecule has 62 valence electrons. The van der Waals surface area contributed by atoms with Crippen LogP contribution >= 0.6 is 0 Å². The number of carbonyl (C=O) groups excluding carboxylic acids is 2. The molecule has 0 rings (SSSR count). The van der Waals surface area contributed by atoms with Gasteiger partial charge in [-0.3, -0.25) is 4.79 Å². The van der Waals surface area contributed by atoms with Gasteiger partial charge in [0.25, 0.3) is 0 Å². The fourth-order valence-electron chi connectivity index (χ4n) is 0.693. The number of carbonyl (C=O) groups is 2. The molecule has 0 heterocycles. The van der Waals surface area contributed by atoms with Crippen LogP contribution in [-0.2, 0) is 14.3 Å². The highest BCUT2D eigenvalue weighted by Gasteiger charge is 2.07. The smallest absolute Gasteiger partial charge is 0.330 e. The second-order valence-electron chi connectivity index (χ2n) is 2.36. The van der Waals surface area contributed by atoms with Crippen molar-refractivity contribution in [1.29, 1.82) is 0 Å². The van der Waals surface area contributed by atoms with Gasteiger partial charge in [0, 0.05) is 12.5 Å². The topological polar surface area (TPSA) is 43.4 Å². The zero-order valence-electron chi connectivity index (χ0n) is 6.79. The molecule has 3 nitrogen and oxygen atoms in total. The summed E-state index contributed by atoms with van der Waals surface area (Å²) in [7, 11) is 0. The summed E-state index contributed by atoms with van der Waals surface area (Å²) in [5.74, 6) is -0.479. The van der Waals surface area contributed by atoms with E-state index in [9.17, 15) is 9.59 Å². The molecular formula is C8H12O3. The molecular weight excluding hydrogens is 144 g/mol. The van der Waals surface area contributed by atoms with Gasteiger partial charge in [-0.2, -0.15) is 0 Å². The molecule has 0 amide bonds. The fourth-order valence-corrected chi connectivity index (χ4v) is 0.693. The Morgan fingerprint density at radius 3 is 2.55 bits per heavy atom. The number of ketones is 1. The minimum atomic E-state index is -0.487. The lowest BCUT2D eigenvalue weighted by Crippen LogP contribution is -2.15. The highest BCUT2D eigenvalue weighted by molar-refractivity contribution is 5.82. The van der Waals surface area contributed by atoms with E-state index in [-0.39, 0.29) is 18.3 Å². The first kappa shape index (κ1) is 9.88. The first-order valence-electron chi connectivity index (χ1n) is 3.38. The van der Waals surface area contributed by atoms with Gasteiger partial charge in [0.15, 0.2) is 0 Å². The standard InChI is InChI=1S/C8H12O3/c1-4-8(10)11-7(3)5-6(2)9/h4,7H,1,5H2,2-3H3. The lowest BCUT2D eigenvalue weighted by molar-refractivity contribution is -0.143. The summed E-state index contributed by atoms with van der Waals surface area (Å²) in [5.41, 5.74) is 0. The van der Waals surface area contributed by atoms with Crippen molar-refractivity contribution in [3.63, 3.8) is 0 Å². The van der Waals surface area contributed by atoms with Gasteiger partial charge in [0.1, 0.15) is 11.9 Å². The molecule has 1 atom stereocenters. The van der Waals surface area contributed by atoms with Gasteiger partial charge in [-0.25, -0.2) is 4.79 Å². The Labute approximate surface area is 66.0 Å². The molecule has 0 aromatic carbocycles. The second kappa shape index (κ2) is 4.66. The van der Waals surface area contributed by atoms with Crippen molar-refractivity contribution in [2.24, 2.45) is 0 Å². The molecule has 11 heavy (non-hydrogen) atoms. The van der Waals surface area contributed by atoms with E-state index in [1.165, 1.54) is 6.92 Å². The second-order valence-corrected chi connectivity index (χ2v) is 2.36. The van der Waals surface area contributed by atoms with Gasteiger partial charge < -0.3 is 4.74 Å². The summed E-state index contributed by atoms with van der Waals surface area (Å²) in [6.07, 6.45) is 0.994. The van der Waals surface area contributed by atoms with Crippen molar-refractivity contribution in [3.05, 3.63) is 12.7 Å². The molecule has 0 radical (unpaired) electrons. The lowest BCUT2D eigenvalue weighted by atomic mass is 10.2. The summed E-state index contributed by atoms with van der Waals surface area (Å²) >= 11 is 0. The number of hydrogen-bond donors (Lipinski definition) is 0.